The van der Waals surface area contributed by atoms with Crippen molar-refractivity contribution in [1.29, 1.82) is 0 Å². The van der Waals surface area contributed by atoms with Gasteiger partial charge in [-0.3, -0.25) is 9.69 Å². The SMILES string of the molecule is O=C(O)CCC1CCCN(Cc2cn(-c3ccc(Cl)cc3)nn2)C1. The molecule has 24 heavy (non-hydrogen) atoms. The summed E-state index contributed by atoms with van der Waals surface area (Å²) in [5, 5.41) is 18.0. The lowest BCUT2D eigenvalue weighted by atomic mass is 9.93. The predicted molar refractivity (Wildman–Crippen MR) is 91.2 cm³/mol. The summed E-state index contributed by atoms with van der Waals surface area (Å²) in [6.45, 7) is 2.70. The standard InChI is InChI=1S/C17H21ClN4O2/c18-14-4-6-16(7-5-14)22-12-15(19-20-22)11-21-9-1-2-13(10-21)3-8-17(23)24/h4-7,12-13H,1-3,8-11H2,(H,23,24). The Morgan fingerprint density at radius 3 is 2.88 bits per heavy atom. The van der Waals surface area contributed by atoms with Crippen LogP contribution in [0.2, 0.25) is 5.02 Å². The van der Waals surface area contributed by atoms with Gasteiger partial charge in [0.25, 0.3) is 0 Å². The number of aliphatic carboxylic acids is 1. The number of carbonyl (C=O) groups is 1. The predicted octanol–water partition coefficient (Wildman–Crippen LogP) is 3.00. The van der Waals surface area contributed by atoms with Crippen molar-refractivity contribution in [2.75, 3.05) is 13.1 Å². The van der Waals surface area contributed by atoms with Gasteiger partial charge >= 0.3 is 5.97 Å². The van der Waals surface area contributed by atoms with E-state index in [0.29, 0.717) is 10.9 Å². The Morgan fingerprint density at radius 2 is 2.12 bits per heavy atom. The van der Waals surface area contributed by atoms with Gasteiger partial charge in [-0.25, -0.2) is 4.68 Å². The van der Waals surface area contributed by atoms with Crippen LogP contribution in [0.4, 0.5) is 0 Å². The van der Waals surface area contributed by atoms with Crippen LogP contribution in [0.25, 0.3) is 5.69 Å². The monoisotopic (exact) mass is 348 g/mol. The van der Waals surface area contributed by atoms with Gasteiger partial charge in [0.05, 0.1) is 17.6 Å². The molecule has 1 fully saturated rings. The van der Waals surface area contributed by atoms with Crippen LogP contribution in [0.5, 0.6) is 0 Å². The van der Waals surface area contributed by atoms with Crippen LogP contribution in [0, 0.1) is 5.92 Å². The number of hydrogen-bond donors (Lipinski definition) is 1. The van der Waals surface area contributed by atoms with Crippen LogP contribution in [0.1, 0.15) is 31.4 Å². The first kappa shape index (κ1) is 16.9. The van der Waals surface area contributed by atoms with Crippen LogP contribution < -0.4 is 0 Å². The molecule has 1 saturated heterocycles. The van der Waals surface area contributed by atoms with E-state index in [9.17, 15) is 4.79 Å². The molecule has 1 N–H and O–H groups in total. The lowest BCUT2D eigenvalue weighted by molar-refractivity contribution is -0.137. The van der Waals surface area contributed by atoms with Gasteiger partial charge in [0.1, 0.15) is 0 Å². The van der Waals surface area contributed by atoms with Crippen molar-refractivity contribution in [1.82, 2.24) is 19.9 Å². The molecule has 1 aromatic carbocycles. The van der Waals surface area contributed by atoms with Gasteiger partial charge < -0.3 is 5.11 Å². The summed E-state index contributed by atoms with van der Waals surface area (Å²) >= 11 is 5.90. The largest absolute Gasteiger partial charge is 0.481 e. The zero-order valence-electron chi connectivity index (χ0n) is 13.4. The van der Waals surface area contributed by atoms with Crippen LogP contribution in [0.3, 0.4) is 0 Å². The molecular weight excluding hydrogens is 328 g/mol. The summed E-state index contributed by atoms with van der Waals surface area (Å²) in [6.07, 6.45) is 5.16. The van der Waals surface area contributed by atoms with E-state index in [1.165, 1.54) is 0 Å². The lowest BCUT2D eigenvalue weighted by Crippen LogP contribution is -2.35. The van der Waals surface area contributed by atoms with Crippen molar-refractivity contribution < 1.29 is 9.90 Å². The maximum absolute atomic E-state index is 10.7. The van der Waals surface area contributed by atoms with Gasteiger partial charge in [-0.15, -0.1) is 5.10 Å². The molecule has 128 valence electrons. The van der Waals surface area contributed by atoms with Crippen LogP contribution in [-0.4, -0.2) is 44.1 Å². The number of hydrogen-bond acceptors (Lipinski definition) is 4. The van der Waals surface area contributed by atoms with Gasteiger partial charge in [-0.05, 0) is 56.0 Å². The molecular formula is C17H21ClN4O2. The number of benzene rings is 1. The van der Waals surface area contributed by atoms with Gasteiger partial charge in [0, 0.05) is 24.5 Å². The highest BCUT2D eigenvalue weighted by molar-refractivity contribution is 6.30. The molecule has 1 aliphatic heterocycles. The van der Waals surface area contributed by atoms with E-state index in [4.69, 9.17) is 16.7 Å². The molecule has 1 aromatic heterocycles. The number of piperidine rings is 1. The van der Waals surface area contributed by atoms with Gasteiger partial charge in [0.2, 0.25) is 0 Å². The van der Waals surface area contributed by atoms with Crippen LogP contribution >= 0.6 is 11.6 Å². The van der Waals surface area contributed by atoms with Crippen LogP contribution in [0.15, 0.2) is 30.5 Å². The Balaban J connectivity index is 1.58. The minimum atomic E-state index is -0.710. The number of rotatable bonds is 6. The molecule has 0 amide bonds. The molecule has 3 rings (SSSR count). The summed E-state index contributed by atoms with van der Waals surface area (Å²) in [5.41, 5.74) is 1.85. The first-order valence-corrected chi connectivity index (χ1v) is 8.59. The molecule has 0 saturated carbocycles. The van der Waals surface area contributed by atoms with Crippen molar-refractivity contribution >= 4 is 17.6 Å². The number of carboxylic acids is 1. The fourth-order valence-electron chi connectivity index (χ4n) is 3.18. The quantitative estimate of drug-likeness (QED) is 0.868. The Bertz CT molecular complexity index is 686. The second-order valence-electron chi connectivity index (χ2n) is 6.31. The second-order valence-corrected chi connectivity index (χ2v) is 6.74. The van der Waals surface area contributed by atoms with E-state index in [1.807, 2.05) is 30.5 Å². The number of aromatic nitrogens is 3. The van der Waals surface area contributed by atoms with Crippen molar-refractivity contribution in [3.8, 4) is 5.69 Å². The van der Waals surface area contributed by atoms with E-state index >= 15 is 0 Å². The summed E-state index contributed by atoms with van der Waals surface area (Å²) in [6, 6.07) is 7.47. The third-order valence-electron chi connectivity index (χ3n) is 4.39. The maximum Gasteiger partial charge on any atom is 0.303 e. The second kappa shape index (κ2) is 7.77. The molecule has 0 aliphatic carbocycles. The Kier molecular flexibility index (Phi) is 5.48. The highest BCUT2D eigenvalue weighted by Gasteiger charge is 2.21. The number of likely N-dealkylation sites (tertiary alicyclic amines) is 1. The molecule has 6 nitrogen and oxygen atoms in total. The van der Waals surface area contributed by atoms with E-state index < -0.39 is 5.97 Å². The van der Waals surface area contributed by atoms with E-state index in [-0.39, 0.29) is 6.42 Å². The fourth-order valence-corrected chi connectivity index (χ4v) is 3.30. The van der Waals surface area contributed by atoms with E-state index in [1.54, 1.807) is 4.68 Å². The normalized spacial score (nSPS) is 18.6. The zero-order chi connectivity index (χ0) is 16.9. The third kappa shape index (κ3) is 4.55. The minimum absolute atomic E-state index is 0.255. The highest BCUT2D eigenvalue weighted by Crippen LogP contribution is 2.22. The lowest BCUT2D eigenvalue weighted by Gasteiger charge is -2.31. The topological polar surface area (TPSA) is 71.2 Å². The average molecular weight is 349 g/mol. The summed E-state index contributed by atoms with van der Waals surface area (Å²) in [7, 11) is 0. The molecule has 0 spiro atoms. The van der Waals surface area contributed by atoms with Crippen molar-refractivity contribution in [3.05, 3.63) is 41.2 Å². The molecule has 1 aliphatic rings. The molecule has 0 radical (unpaired) electrons. The van der Waals surface area contributed by atoms with Gasteiger partial charge in [-0.1, -0.05) is 16.8 Å². The molecule has 2 aromatic rings. The Hall–Kier alpha value is -1.92. The molecule has 1 atom stereocenters. The number of carboxylic acid groups (broad SMARTS) is 1. The minimum Gasteiger partial charge on any atom is -0.481 e. The molecule has 7 heteroatoms. The maximum atomic E-state index is 10.7. The smallest absolute Gasteiger partial charge is 0.303 e. The summed E-state index contributed by atoms with van der Waals surface area (Å²) in [5.74, 6) is -0.251. The first-order valence-electron chi connectivity index (χ1n) is 8.21. The summed E-state index contributed by atoms with van der Waals surface area (Å²) < 4.78 is 1.75. The van der Waals surface area contributed by atoms with Gasteiger partial charge in [0.15, 0.2) is 0 Å². The van der Waals surface area contributed by atoms with E-state index in [0.717, 1.165) is 50.3 Å². The van der Waals surface area contributed by atoms with Crippen molar-refractivity contribution in [3.63, 3.8) is 0 Å². The first-order chi connectivity index (χ1) is 11.6. The number of nitrogens with zero attached hydrogens (tertiary/aromatic N) is 4. The average Bonchev–Trinajstić information content (AvgIpc) is 3.02. The van der Waals surface area contributed by atoms with Crippen LogP contribution in [-0.2, 0) is 11.3 Å². The number of halogens is 1. The molecule has 0 bridgehead atoms. The summed E-state index contributed by atoms with van der Waals surface area (Å²) in [4.78, 5) is 13.1. The van der Waals surface area contributed by atoms with E-state index in [2.05, 4.69) is 15.2 Å². The van der Waals surface area contributed by atoms with Crippen molar-refractivity contribution in [2.24, 2.45) is 5.92 Å². The molecule has 1 unspecified atom stereocenters. The van der Waals surface area contributed by atoms with Gasteiger partial charge in [-0.2, -0.15) is 0 Å². The fraction of sp³-hybridized carbons (Fsp3) is 0.471. The highest BCUT2D eigenvalue weighted by atomic mass is 35.5. The molecule has 2 heterocycles. The third-order valence-corrected chi connectivity index (χ3v) is 4.64. The Morgan fingerprint density at radius 1 is 1.33 bits per heavy atom. The van der Waals surface area contributed by atoms with Crippen molar-refractivity contribution in [2.45, 2.75) is 32.2 Å². The Labute approximate surface area is 146 Å². The zero-order valence-corrected chi connectivity index (χ0v) is 14.2.